The van der Waals surface area contributed by atoms with Gasteiger partial charge in [-0.25, -0.2) is 15.8 Å². The molecule has 4 N–H and O–H groups in total. The van der Waals surface area contributed by atoms with E-state index in [9.17, 15) is 0 Å². The molecule has 0 aromatic carbocycles. The Labute approximate surface area is 126 Å². The third-order valence-electron chi connectivity index (χ3n) is 4.58. The summed E-state index contributed by atoms with van der Waals surface area (Å²) in [5.74, 6) is 7.95. The molecule has 1 aromatic rings. The molecular formula is C15H27N5O. The van der Waals surface area contributed by atoms with Gasteiger partial charge in [0.15, 0.2) is 0 Å². The first-order valence-corrected chi connectivity index (χ1v) is 7.57. The zero-order valence-electron chi connectivity index (χ0n) is 13.7. The molecule has 118 valence electrons. The number of ether oxygens (including phenoxy) is 1. The monoisotopic (exact) mass is 293 g/mol. The first kappa shape index (κ1) is 16.0. The van der Waals surface area contributed by atoms with Crippen molar-refractivity contribution in [3.05, 3.63) is 11.4 Å². The van der Waals surface area contributed by atoms with Crippen LogP contribution < -0.4 is 16.6 Å². The van der Waals surface area contributed by atoms with Crippen molar-refractivity contribution in [2.75, 3.05) is 17.9 Å². The minimum atomic E-state index is 0.0906. The van der Waals surface area contributed by atoms with E-state index in [1.165, 1.54) is 0 Å². The molecule has 6 nitrogen and oxygen atoms in total. The van der Waals surface area contributed by atoms with Crippen LogP contribution in [-0.4, -0.2) is 29.2 Å². The molecule has 1 aliphatic carbocycles. The van der Waals surface area contributed by atoms with Gasteiger partial charge in [0.05, 0.1) is 6.10 Å². The van der Waals surface area contributed by atoms with Crippen LogP contribution in [0.1, 0.15) is 45.0 Å². The Balaban J connectivity index is 2.22. The summed E-state index contributed by atoms with van der Waals surface area (Å²) in [6, 6.07) is 0.344. The third kappa shape index (κ3) is 2.96. The molecule has 0 spiro atoms. The van der Waals surface area contributed by atoms with Gasteiger partial charge in [-0.3, -0.25) is 0 Å². The van der Waals surface area contributed by atoms with Crippen LogP contribution in [0.4, 0.5) is 11.6 Å². The van der Waals surface area contributed by atoms with Gasteiger partial charge in [0, 0.05) is 30.6 Å². The predicted octanol–water partition coefficient (Wildman–Crippen LogP) is 2.25. The molecule has 6 heteroatoms. The van der Waals surface area contributed by atoms with Crippen molar-refractivity contribution in [1.82, 2.24) is 9.97 Å². The van der Waals surface area contributed by atoms with E-state index in [-0.39, 0.29) is 5.41 Å². The maximum atomic E-state index is 5.57. The molecule has 2 unspecified atom stereocenters. The van der Waals surface area contributed by atoms with Gasteiger partial charge in [0.1, 0.15) is 17.5 Å². The summed E-state index contributed by atoms with van der Waals surface area (Å²) in [6.07, 6.45) is 3.13. The molecule has 1 aliphatic rings. The molecule has 2 atom stereocenters. The fraction of sp³-hybridized carbons (Fsp3) is 0.733. The van der Waals surface area contributed by atoms with Crippen LogP contribution in [0.2, 0.25) is 0 Å². The Kier molecular flexibility index (Phi) is 4.68. The van der Waals surface area contributed by atoms with Crippen molar-refractivity contribution >= 4 is 11.6 Å². The number of nitrogens with two attached hydrogens (primary N) is 1. The van der Waals surface area contributed by atoms with Gasteiger partial charge in [0.2, 0.25) is 0 Å². The van der Waals surface area contributed by atoms with Crippen LogP contribution in [0.25, 0.3) is 0 Å². The Morgan fingerprint density at radius 2 is 2.00 bits per heavy atom. The molecule has 1 fully saturated rings. The van der Waals surface area contributed by atoms with Gasteiger partial charge in [0.25, 0.3) is 0 Å². The normalized spacial score (nSPS) is 23.5. The molecule has 0 amide bonds. The lowest BCUT2D eigenvalue weighted by Gasteiger charge is -2.51. The van der Waals surface area contributed by atoms with Crippen molar-refractivity contribution in [3.8, 4) is 0 Å². The number of rotatable bonds is 6. The molecule has 21 heavy (non-hydrogen) atoms. The third-order valence-corrected chi connectivity index (χ3v) is 4.58. The average Bonchev–Trinajstić information content (AvgIpc) is 2.45. The molecule has 1 saturated carbocycles. The Bertz CT molecular complexity index is 503. The summed E-state index contributed by atoms with van der Waals surface area (Å²) in [5.41, 5.74) is 3.71. The lowest BCUT2D eigenvalue weighted by atomic mass is 9.64. The quantitative estimate of drug-likeness (QED) is 0.551. The largest absolute Gasteiger partial charge is 0.381 e. The number of nitrogens with zero attached hydrogens (tertiary/aromatic N) is 2. The summed E-state index contributed by atoms with van der Waals surface area (Å²) in [6.45, 7) is 8.53. The van der Waals surface area contributed by atoms with Crippen LogP contribution >= 0.6 is 0 Å². The van der Waals surface area contributed by atoms with E-state index >= 15 is 0 Å². The fourth-order valence-electron chi connectivity index (χ4n) is 2.87. The molecular weight excluding hydrogens is 266 g/mol. The summed E-state index contributed by atoms with van der Waals surface area (Å²) in [4.78, 5) is 9.10. The second-order valence-electron chi connectivity index (χ2n) is 6.33. The van der Waals surface area contributed by atoms with Crippen molar-refractivity contribution in [3.63, 3.8) is 0 Å². The molecule has 0 aliphatic heterocycles. The van der Waals surface area contributed by atoms with Crippen LogP contribution in [0.5, 0.6) is 0 Å². The first-order chi connectivity index (χ1) is 9.93. The highest BCUT2D eigenvalue weighted by atomic mass is 16.5. The summed E-state index contributed by atoms with van der Waals surface area (Å²) >= 11 is 0. The molecule has 2 rings (SSSR count). The highest BCUT2D eigenvalue weighted by Crippen LogP contribution is 2.44. The second-order valence-corrected chi connectivity index (χ2v) is 6.33. The summed E-state index contributed by atoms with van der Waals surface area (Å²) in [5, 5.41) is 3.55. The maximum absolute atomic E-state index is 5.57. The molecule has 0 bridgehead atoms. The van der Waals surface area contributed by atoms with Crippen LogP contribution in [0, 0.1) is 12.3 Å². The van der Waals surface area contributed by atoms with Gasteiger partial charge in [-0.2, -0.15) is 0 Å². The van der Waals surface area contributed by atoms with E-state index < -0.39 is 0 Å². The van der Waals surface area contributed by atoms with Crippen LogP contribution in [0.3, 0.4) is 0 Å². The minimum Gasteiger partial charge on any atom is -0.381 e. The lowest BCUT2D eigenvalue weighted by Crippen LogP contribution is -2.57. The van der Waals surface area contributed by atoms with Crippen LogP contribution in [0.15, 0.2) is 0 Å². The zero-order chi connectivity index (χ0) is 15.6. The highest BCUT2D eigenvalue weighted by Gasteiger charge is 2.48. The smallest absolute Gasteiger partial charge is 0.148 e. The van der Waals surface area contributed by atoms with E-state index in [2.05, 4.69) is 41.5 Å². The number of aryl methyl sites for hydroxylation is 1. The van der Waals surface area contributed by atoms with E-state index in [1.807, 2.05) is 6.92 Å². The average molecular weight is 293 g/mol. The topological polar surface area (TPSA) is 85.1 Å². The molecule has 1 aromatic heterocycles. The zero-order valence-corrected chi connectivity index (χ0v) is 13.7. The molecule has 1 heterocycles. The van der Waals surface area contributed by atoms with Crippen molar-refractivity contribution in [2.24, 2.45) is 11.3 Å². The summed E-state index contributed by atoms with van der Waals surface area (Å²) < 4.78 is 5.50. The van der Waals surface area contributed by atoms with Crippen molar-refractivity contribution in [2.45, 2.75) is 59.1 Å². The van der Waals surface area contributed by atoms with Crippen molar-refractivity contribution < 1.29 is 4.74 Å². The van der Waals surface area contributed by atoms with Gasteiger partial charge < -0.3 is 15.5 Å². The SMILES string of the molecule is CCCc1nc(NN)c(C)c(NC2CC(OC)C2(C)C)n1. The molecule has 0 saturated heterocycles. The summed E-state index contributed by atoms with van der Waals surface area (Å²) in [7, 11) is 1.77. The number of hydrogen-bond donors (Lipinski definition) is 3. The number of nitrogen functional groups attached to an aromatic ring is 1. The van der Waals surface area contributed by atoms with E-state index in [0.29, 0.717) is 18.0 Å². The van der Waals surface area contributed by atoms with E-state index in [1.54, 1.807) is 7.11 Å². The van der Waals surface area contributed by atoms with E-state index in [0.717, 1.165) is 36.5 Å². The maximum Gasteiger partial charge on any atom is 0.148 e. The van der Waals surface area contributed by atoms with E-state index in [4.69, 9.17) is 10.6 Å². The Morgan fingerprint density at radius 1 is 1.33 bits per heavy atom. The van der Waals surface area contributed by atoms with Gasteiger partial charge in [-0.15, -0.1) is 0 Å². The van der Waals surface area contributed by atoms with Crippen LogP contribution in [-0.2, 0) is 11.2 Å². The fourth-order valence-corrected chi connectivity index (χ4v) is 2.87. The van der Waals surface area contributed by atoms with Crippen molar-refractivity contribution in [1.29, 1.82) is 0 Å². The number of aromatic nitrogens is 2. The first-order valence-electron chi connectivity index (χ1n) is 7.57. The standard InChI is InChI=1S/C15H27N5O/c1-6-7-12-18-13(9(2)14(19-12)20-16)17-10-8-11(21-5)15(10,3)4/h10-11H,6-8,16H2,1-5H3,(H2,17,18,19,20). The predicted molar refractivity (Wildman–Crippen MR) is 85.2 cm³/mol. The number of nitrogens with one attached hydrogen (secondary N) is 2. The lowest BCUT2D eigenvalue weighted by molar-refractivity contribution is -0.0795. The Morgan fingerprint density at radius 3 is 2.52 bits per heavy atom. The molecule has 0 radical (unpaired) electrons. The number of hydrogen-bond acceptors (Lipinski definition) is 6. The van der Waals surface area contributed by atoms with Gasteiger partial charge in [-0.1, -0.05) is 20.8 Å². The number of hydrazine groups is 1. The number of anilines is 2. The van der Waals surface area contributed by atoms with Gasteiger partial charge in [-0.05, 0) is 19.8 Å². The van der Waals surface area contributed by atoms with Gasteiger partial charge >= 0.3 is 0 Å². The number of methoxy groups -OCH3 is 1. The highest BCUT2D eigenvalue weighted by molar-refractivity contribution is 5.57. The minimum absolute atomic E-state index is 0.0906. The Hall–Kier alpha value is -1.40. The second kappa shape index (κ2) is 6.15.